The molecule has 2 atom stereocenters. The van der Waals surface area contributed by atoms with Crippen LogP contribution in [-0.2, 0) is 9.53 Å². The molecule has 2 amide bonds. The summed E-state index contributed by atoms with van der Waals surface area (Å²) in [7, 11) is 0. The third-order valence-corrected chi connectivity index (χ3v) is 3.39. The first-order chi connectivity index (χ1) is 9.49. The zero-order valence-corrected chi connectivity index (χ0v) is 11.6. The lowest BCUT2D eigenvalue weighted by molar-refractivity contribution is -0.119. The smallest absolute Gasteiger partial charge is 0.414 e. The Morgan fingerprint density at radius 1 is 1.45 bits per heavy atom. The van der Waals surface area contributed by atoms with Crippen molar-refractivity contribution in [3.05, 3.63) is 24.3 Å². The van der Waals surface area contributed by atoms with Gasteiger partial charge in [0.25, 0.3) is 0 Å². The molecule has 6 nitrogen and oxygen atoms in total. The third kappa shape index (κ3) is 3.08. The number of nitrogens with zero attached hydrogens (tertiary/aromatic N) is 1. The molecule has 1 saturated heterocycles. The highest BCUT2D eigenvalue weighted by Gasteiger charge is 2.24. The quantitative estimate of drug-likeness (QED) is 0.874. The number of benzene rings is 1. The first-order valence-corrected chi connectivity index (χ1v) is 6.60. The van der Waals surface area contributed by atoms with E-state index in [0.29, 0.717) is 24.5 Å². The van der Waals surface area contributed by atoms with E-state index in [1.807, 2.05) is 0 Å². The number of hydrogen-bond acceptors (Lipinski definition) is 4. The second-order valence-electron chi connectivity index (χ2n) is 4.95. The van der Waals surface area contributed by atoms with Crippen LogP contribution in [0.2, 0.25) is 0 Å². The summed E-state index contributed by atoms with van der Waals surface area (Å²) in [6.07, 6.45) is -0.363. The van der Waals surface area contributed by atoms with Crippen LogP contribution in [0.15, 0.2) is 24.3 Å². The molecule has 1 fully saturated rings. The molecule has 2 unspecified atom stereocenters. The van der Waals surface area contributed by atoms with E-state index in [4.69, 9.17) is 10.5 Å². The molecule has 0 saturated carbocycles. The molecule has 2 rings (SSSR count). The van der Waals surface area contributed by atoms with Crippen LogP contribution in [0, 0.1) is 5.92 Å². The fraction of sp³-hybridized carbons (Fsp3) is 0.429. The van der Waals surface area contributed by atoms with Gasteiger partial charge in [-0.2, -0.15) is 0 Å². The molecule has 0 aromatic heterocycles. The van der Waals surface area contributed by atoms with Crippen LogP contribution in [0.4, 0.5) is 16.2 Å². The van der Waals surface area contributed by atoms with E-state index in [9.17, 15) is 9.59 Å². The molecule has 20 heavy (non-hydrogen) atoms. The molecule has 0 aliphatic carbocycles. The van der Waals surface area contributed by atoms with Gasteiger partial charge in [-0.1, -0.05) is 13.0 Å². The first-order valence-electron chi connectivity index (χ1n) is 6.60. The largest absolute Gasteiger partial charge is 0.447 e. The zero-order chi connectivity index (χ0) is 14.7. The van der Waals surface area contributed by atoms with E-state index in [0.717, 1.165) is 0 Å². The normalized spacial score (nSPS) is 17.6. The maximum Gasteiger partial charge on any atom is 0.414 e. The number of hydrogen-bond donors (Lipinski definition) is 2. The van der Waals surface area contributed by atoms with Crippen molar-refractivity contribution in [3.8, 4) is 0 Å². The summed E-state index contributed by atoms with van der Waals surface area (Å²) < 4.78 is 4.89. The predicted octanol–water partition coefficient (Wildman–Crippen LogP) is 1.56. The Labute approximate surface area is 117 Å². The van der Waals surface area contributed by atoms with E-state index in [1.165, 1.54) is 4.90 Å². The Hall–Kier alpha value is -2.08. The number of rotatable bonds is 4. The summed E-state index contributed by atoms with van der Waals surface area (Å²) in [5, 5.41) is 2.80. The van der Waals surface area contributed by atoms with Gasteiger partial charge < -0.3 is 15.8 Å². The number of carbonyl (C=O) groups is 2. The Balaban J connectivity index is 2.10. The minimum Gasteiger partial charge on any atom is -0.447 e. The molecule has 1 aromatic carbocycles. The summed E-state index contributed by atoms with van der Waals surface area (Å²) >= 11 is 0. The number of carbonyl (C=O) groups excluding carboxylic acids is 2. The maximum absolute atomic E-state index is 12.0. The van der Waals surface area contributed by atoms with Crippen molar-refractivity contribution in [2.24, 2.45) is 11.7 Å². The zero-order valence-electron chi connectivity index (χ0n) is 11.6. The van der Waals surface area contributed by atoms with Crippen LogP contribution in [0.25, 0.3) is 0 Å². The molecular formula is C14H19N3O3. The Morgan fingerprint density at radius 3 is 2.80 bits per heavy atom. The fourth-order valence-corrected chi connectivity index (χ4v) is 1.87. The van der Waals surface area contributed by atoms with Crippen LogP contribution in [-0.4, -0.2) is 31.2 Å². The Bertz CT molecular complexity index is 516. The van der Waals surface area contributed by atoms with Gasteiger partial charge in [0.2, 0.25) is 5.91 Å². The minimum atomic E-state index is -0.363. The van der Waals surface area contributed by atoms with E-state index in [-0.39, 0.29) is 24.0 Å². The van der Waals surface area contributed by atoms with Crippen molar-refractivity contribution in [3.63, 3.8) is 0 Å². The molecule has 1 heterocycles. The van der Waals surface area contributed by atoms with Gasteiger partial charge in [-0.3, -0.25) is 9.69 Å². The summed E-state index contributed by atoms with van der Waals surface area (Å²) in [5.74, 6) is -0.420. The van der Waals surface area contributed by atoms with Crippen LogP contribution >= 0.6 is 0 Å². The van der Waals surface area contributed by atoms with Crippen LogP contribution in [0.5, 0.6) is 0 Å². The van der Waals surface area contributed by atoms with Crippen molar-refractivity contribution in [1.29, 1.82) is 0 Å². The predicted molar refractivity (Wildman–Crippen MR) is 76.6 cm³/mol. The van der Waals surface area contributed by atoms with Crippen molar-refractivity contribution in [1.82, 2.24) is 0 Å². The summed E-state index contributed by atoms with van der Waals surface area (Å²) in [5.41, 5.74) is 7.05. The standard InChI is InChI=1S/C14H19N3O3/c1-9(10(2)15)13(18)16-11-4-3-5-12(8-11)17-6-7-20-14(17)19/h3-5,8-10H,6-7,15H2,1-2H3,(H,16,18). The highest BCUT2D eigenvalue weighted by molar-refractivity contribution is 5.94. The Kier molecular flexibility index (Phi) is 4.24. The van der Waals surface area contributed by atoms with Crippen LogP contribution in [0.1, 0.15) is 13.8 Å². The highest BCUT2D eigenvalue weighted by atomic mass is 16.6. The van der Waals surface area contributed by atoms with Crippen LogP contribution in [0.3, 0.4) is 0 Å². The highest BCUT2D eigenvalue weighted by Crippen LogP contribution is 2.22. The number of ether oxygens (including phenoxy) is 1. The second-order valence-corrected chi connectivity index (χ2v) is 4.95. The van der Waals surface area contributed by atoms with Gasteiger partial charge in [0.05, 0.1) is 12.5 Å². The first kappa shape index (κ1) is 14.3. The lowest BCUT2D eigenvalue weighted by atomic mass is 10.0. The van der Waals surface area contributed by atoms with E-state index >= 15 is 0 Å². The monoisotopic (exact) mass is 277 g/mol. The summed E-state index contributed by atoms with van der Waals surface area (Å²) in [6.45, 7) is 4.48. The SMILES string of the molecule is CC(N)C(C)C(=O)Nc1cccc(N2CCOC2=O)c1. The Morgan fingerprint density at radius 2 is 2.20 bits per heavy atom. The number of cyclic esters (lactones) is 1. The van der Waals surface area contributed by atoms with Crippen molar-refractivity contribution in [2.45, 2.75) is 19.9 Å². The molecule has 0 bridgehead atoms. The molecule has 1 aliphatic heterocycles. The van der Waals surface area contributed by atoms with E-state index < -0.39 is 0 Å². The van der Waals surface area contributed by atoms with Gasteiger partial charge in [0.1, 0.15) is 6.61 Å². The molecule has 108 valence electrons. The molecule has 6 heteroatoms. The average Bonchev–Trinajstić information content (AvgIpc) is 2.84. The van der Waals surface area contributed by atoms with Crippen molar-refractivity contribution < 1.29 is 14.3 Å². The molecule has 1 aromatic rings. The fourth-order valence-electron chi connectivity index (χ4n) is 1.87. The minimum absolute atomic E-state index is 0.138. The van der Waals surface area contributed by atoms with Gasteiger partial charge in [0.15, 0.2) is 0 Å². The molecule has 0 spiro atoms. The van der Waals surface area contributed by atoms with Gasteiger partial charge in [0, 0.05) is 17.4 Å². The van der Waals surface area contributed by atoms with Gasteiger partial charge in [-0.15, -0.1) is 0 Å². The number of anilines is 2. The number of nitrogens with one attached hydrogen (secondary N) is 1. The molecule has 1 aliphatic rings. The molecule has 3 N–H and O–H groups in total. The van der Waals surface area contributed by atoms with Crippen molar-refractivity contribution >= 4 is 23.4 Å². The van der Waals surface area contributed by atoms with E-state index in [1.54, 1.807) is 38.1 Å². The second kappa shape index (κ2) is 5.92. The molecular weight excluding hydrogens is 258 g/mol. The number of amides is 2. The van der Waals surface area contributed by atoms with Crippen molar-refractivity contribution in [2.75, 3.05) is 23.4 Å². The third-order valence-electron chi connectivity index (χ3n) is 3.39. The maximum atomic E-state index is 12.0. The van der Waals surface area contributed by atoms with E-state index in [2.05, 4.69) is 5.32 Å². The van der Waals surface area contributed by atoms with Gasteiger partial charge in [-0.05, 0) is 25.1 Å². The summed E-state index contributed by atoms with van der Waals surface area (Å²) in [6, 6.07) is 6.89. The van der Waals surface area contributed by atoms with Crippen LogP contribution < -0.4 is 16.0 Å². The topological polar surface area (TPSA) is 84.7 Å². The van der Waals surface area contributed by atoms with Gasteiger partial charge >= 0.3 is 6.09 Å². The number of nitrogens with two attached hydrogens (primary N) is 1. The average molecular weight is 277 g/mol. The van der Waals surface area contributed by atoms with Gasteiger partial charge in [-0.25, -0.2) is 4.79 Å². The summed E-state index contributed by atoms with van der Waals surface area (Å²) in [4.78, 5) is 25.0. The molecule has 0 radical (unpaired) electrons. The lowest BCUT2D eigenvalue weighted by Gasteiger charge is -2.17. The lowest BCUT2D eigenvalue weighted by Crippen LogP contribution is -2.34.